The van der Waals surface area contributed by atoms with E-state index in [0.717, 1.165) is 11.8 Å². The van der Waals surface area contributed by atoms with Crippen molar-refractivity contribution >= 4 is 11.8 Å². The molecule has 0 saturated carbocycles. The predicted octanol–water partition coefficient (Wildman–Crippen LogP) is 2.06. The molecule has 1 unspecified atom stereocenters. The molecule has 0 aromatic carbocycles. The van der Waals surface area contributed by atoms with E-state index in [2.05, 4.69) is 29.0 Å². The molecule has 0 amide bonds. The van der Waals surface area contributed by atoms with Gasteiger partial charge in [-0.3, -0.25) is 0 Å². The van der Waals surface area contributed by atoms with E-state index in [4.69, 9.17) is 0 Å². The quantitative estimate of drug-likeness (QED) is 0.794. The van der Waals surface area contributed by atoms with Crippen molar-refractivity contribution in [3.05, 3.63) is 0 Å². The fourth-order valence-electron chi connectivity index (χ4n) is 2.90. The molecule has 0 bridgehead atoms. The van der Waals surface area contributed by atoms with Gasteiger partial charge in [0, 0.05) is 6.54 Å². The minimum atomic E-state index is 0.988. The van der Waals surface area contributed by atoms with Crippen LogP contribution in [0, 0.1) is 11.8 Å². The van der Waals surface area contributed by atoms with Crippen molar-refractivity contribution in [2.24, 2.45) is 11.8 Å². The molecule has 2 saturated heterocycles. The van der Waals surface area contributed by atoms with Gasteiger partial charge in [0.25, 0.3) is 0 Å². The molecule has 1 atom stereocenters. The number of rotatable bonds is 5. The zero-order valence-corrected chi connectivity index (χ0v) is 11.4. The summed E-state index contributed by atoms with van der Waals surface area (Å²) in [6.45, 7) is 5.29. The fraction of sp³-hybridized carbons (Fsp3) is 1.00. The van der Waals surface area contributed by atoms with Crippen molar-refractivity contribution in [2.75, 3.05) is 44.7 Å². The lowest BCUT2D eigenvalue weighted by atomic mass is 9.93. The maximum Gasteiger partial charge on any atom is 0.00178 e. The second kappa shape index (κ2) is 6.87. The largest absolute Gasteiger partial charge is 0.320 e. The standard InChI is InChI=1S/C13H26N2S/c1-14-6-2-12-3-7-15(8-4-12)10-13-5-9-16-11-13/h12-14H,2-11H2,1H3. The third-order valence-electron chi connectivity index (χ3n) is 4.05. The zero-order chi connectivity index (χ0) is 11.2. The summed E-state index contributed by atoms with van der Waals surface area (Å²) in [5, 5.41) is 3.27. The Labute approximate surface area is 105 Å². The van der Waals surface area contributed by atoms with Gasteiger partial charge < -0.3 is 10.2 Å². The lowest BCUT2D eigenvalue weighted by Gasteiger charge is -2.33. The van der Waals surface area contributed by atoms with Gasteiger partial charge in [0.05, 0.1) is 0 Å². The molecular formula is C13H26N2S. The van der Waals surface area contributed by atoms with Gasteiger partial charge in [-0.1, -0.05) is 0 Å². The van der Waals surface area contributed by atoms with Crippen molar-refractivity contribution in [1.82, 2.24) is 10.2 Å². The first-order valence-corrected chi connectivity index (χ1v) is 7.98. The average molecular weight is 242 g/mol. The van der Waals surface area contributed by atoms with Crippen molar-refractivity contribution in [2.45, 2.75) is 25.7 Å². The molecule has 2 nitrogen and oxygen atoms in total. The van der Waals surface area contributed by atoms with Crippen LogP contribution in [0.5, 0.6) is 0 Å². The van der Waals surface area contributed by atoms with Crippen molar-refractivity contribution in [3.63, 3.8) is 0 Å². The van der Waals surface area contributed by atoms with Crippen LogP contribution in [-0.2, 0) is 0 Å². The molecule has 0 aliphatic carbocycles. The minimum Gasteiger partial charge on any atom is -0.320 e. The second-order valence-electron chi connectivity index (χ2n) is 5.37. The Balaban J connectivity index is 1.60. The Morgan fingerprint density at radius 1 is 1.19 bits per heavy atom. The predicted molar refractivity (Wildman–Crippen MR) is 73.1 cm³/mol. The number of piperidine rings is 1. The molecule has 16 heavy (non-hydrogen) atoms. The number of hydrogen-bond donors (Lipinski definition) is 1. The van der Waals surface area contributed by atoms with Crippen LogP contribution in [0.1, 0.15) is 25.7 Å². The van der Waals surface area contributed by atoms with Gasteiger partial charge in [0.1, 0.15) is 0 Å². The number of nitrogens with one attached hydrogen (secondary N) is 1. The molecule has 0 radical (unpaired) electrons. The van der Waals surface area contributed by atoms with Gasteiger partial charge in [-0.15, -0.1) is 0 Å². The van der Waals surface area contributed by atoms with E-state index in [9.17, 15) is 0 Å². The summed E-state index contributed by atoms with van der Waals surface area (Å²) in [7, 11) is 2.06. The Kier molecular flexibility index (Phi) is 5.46. The molecule has 2 heterocycles. The highest BCUT2D eigenvalue weighted by molar-refractivity contribution is 7.99. The van der Waals surface area contributed by atoms with Gasteiger partial charge in [-0.05, 0) is 75.7 Å². The van der Waals surface area contributed by atoms with E-state index in [0.29, 0.717) is 0 Å². The van der Waals surface area contributed by atoms with Gasteiger partial charge in [-0.25, -0.2) is 0 Å². The van der Waals surface area contributed by atoms with Crippen molar-refractivity contribution in [3.8, 4) is 0 Å². The van der Waals surface area contributed by atoms with Crippen LogP contribution < -0.4 is 5.32 Å². The van der Waals surface area contributed by atoms with Crippen LogP contribution in [0.25, 0.3) is 0 Å². The molecule has 0 aromatic rings. The Morgan fingerprint density at radius 2 is 2.00 bits per heavy atom. The lowest BCUT2D eigenvalue weighted by molar-refractivity contribution is 0.161. The van der Waals surface area contributed by atoms with Crippen LogP contribution in [-0.4, -0.2) is 49.6 Å². The van der Waals surface area contributed by atoms with E-state index in [1.807, 2.05) is 0 Å². The summed E-state index contributed by atoms with van der Waals surface area (Å²) >= 11 is 2.15. The van der Waals surface area contributed by atoms with Crippen LogP contribution in [0.2, 0.25) is 0 Å². The van der Waals surface area contributed by atoms with Crippen LogP contribution in [0.15, 0.2) is 0 Å². The first kappa shape index (κ1) is 12.7. The minimum absolute atomic E-state index is 0.988. The lowest BCUT2D eigenvalue weighted by Crippen LogP contribution is -2.37. The number of nitrogens with zero attached hydrogens (tertiary/aromatic N) is 1. The number of thioether (sulfide) groups is 1. The summed E-state index contributed by atoms with van der Waals surface area (Å²) in [5.74, 6) is 4.81. The molecule has 3 heteroatoms. The molecule has 0 aromatic heterocycles. The van der Waals surface area contributed by atoms with Crippen LogP contribution >= 0.6 is 11.8 Å². The zero-order valence-electron chi connectivity index (χ0n) is 10.6. The van der Waals surface area contributed by atoms with Gasteiger partial charge >= 0.3 is 0 Å². The van der Waals surface area contributed by atoms with E-state index in [-0.39, 0.29) is 0 Å². The SMILES string of the molecule is CNCCC1CCN(CC2CCSC2)CC1. The van der Waals surface area contributed by atoms with E-state index < -0.39 is 0 Å². The van der Waals surface area contributed by atoms with E-state index in [1.165, 1.54) is 63.4 Å². The maximum atomic E-state index is 3.27. The highest BCUT2D eigenvalue weighted by Crippen LogP contribution is 2.26. The van der Waals surface area contributed by atoms with Gasteiger partial charge in [-0.2, -0.15) is 11.8 Å². The monoisotopic (exact) mass is 242 g/mol. The first-order chi connectivity index (χ1) is 7.88. The third kappa shape index (κ3) is 3.94. The molecular weight excluding hydrogens is 216 g/mol. The normalized spacial score (nSPS) is 28.7. The summed E-state index contributed by atoms with van der Waals surface area (Å²) in [6, 6.07) is 0. The van der Waals surface area contributed by atoms with Crippen LogP contribution in [0.4, 0.5) is 0 Å². The molecule has 2 rings (SSSR count). The summed E-state index contributed by atoms with van der Waals surface area (Å²) in [5.41, 5.74) is 0. The van der Waals surface area contributed by atoms with Gasteiger partial charge in [0.2, 0.25) is 0 Å². The smallest absolute Gasteiger partial charge is 0.00178 e. The number of hydrogen-bond acceptors (Lipinski definition) is 3. The van der Waals surface area contributed by atoms with E-state index >= 15 is 0 Å². The highest BCUT2D eigenvalue weighted by atomic mass is 32.2. The molecule has 1 N–H and O–H groups in total. The Morgan fingerprint density at radius 3 is 2.62 bits per heavy atom. The first-order valence-electron chi connectivity index (χ1n) is 6.83. The van der Waals surface area contributed by atoms with Crippen molar-refractivity contribution in [1.29, 1.82) is 0 Å². The summed E-state index contributed by atoms with van der Waals surface area (Å²) in [4.78, 5) is 2.71. The second-order valence-corrected chi connectivity index (χ2v) is 6.52. The number of likely N-dealkylation sites (tertiary alicyclic amines) is 1. The maximum absolute atomic E-state index is 3.27. The van der Waals surface area contributed by atoms with Crippen LogP contribution in [0.3, 0.4) is 0 Å². The van der Waals surface area contributed by atoms with Gasteiger partial charge in [0.15, 0.2) is 0 Å². The Hall–Kier alpha value is 0.270. The summed E-state index contributed by atoms with van der Waals surface area (Å²) < 4.78 is 0. The van der Waals surface area contributed by atoms with Crippen molar-refractivity contribution < 1.29 is 0 Å². The molecule has 2 aliphatic heterocycles. The fourth-order valence-corrected chi connectivity index (χ4v) is 4.17. The molecule has 2 aliphatic rings. The average Bonchev–Trinajstić information content (AvgIpc) is 2.81. The van der Waals surface area contributed by atoms with E-state index in [1.54, 1.807) is 0 Å². The third-order valence-corrected chi connectivity index (χ3v) is 5.28. The highest BCUT2D eigenvalue weighted by Gasteiger charge is 2.23. The topological polar surface area (TPSA) is 15.3 Å². The summed E-state index contributed by atoms with van der Waals surface area (Å²) in [6.07, 6.45) is 5.71. The molecule has 2 fully saturated rings. The molecule has 94 valence electrons. The Bertz CT molecular complexity index is 184. The molecule has 0 spiro atoms.